The topological polar surface area (TPSA) is 103 Å². The highest BCUT2D eigenvalue weighted by Crippen LogP contribution is 2.29. The molecule has 0 spiro atoms. The molecule has 3 rings (SSSR count). The fraction of sp³-hybridized carbons (Fsp3) is 0.333. The molecule has 30 heavy (non-hydrogen) atoms. The second kappa shape index (κ2) is 9.15. The molecule has 1 saturated heterocycles. The summed E-state index contributed by atoms with van der Waals surface area (Å²) in [6.45, 7) is 1.54. The molecular formula is C21H24N4O4S. The number of anilines is 2. The summed E-state index contributed by atoms with van der Waals surface area (Å²) in [7, 11) is -0.770. The van der Waals surface area contributed by atoms with Crippen LogP contribution in [0.4, 0.5) is 11.4 Å². The van der Waals surface area contributed by atoms with Crippen molar-refractivity contribution >= 4 is 27.3 Å². The molecular weight excluding hydrogens is 404 g/mol. The Morgan fingerprint density at radius 1 is 1.20 bits per heavy atom. The van der Waals surface area contributed by atoms with Crippen LogP contribution in [0.5, 0.6) is 5.75 Å². The summed E-state index contributed by atoms with van der Waals surface area (Å²) in [4.78, 5) is 15.3. The SMILES string of the molecule is CN(C)S(=O)(=O)c1ccc(N2CCCC2)c(C(=O)Nc2cccc(OCC#N)c2)c1. The van der Waals surface area contributed by atoms with E-state index in [9.17, 15) is 13.2 Å². The quantitative estimate of drug-likeness (QED) is 0.727. The van der Waals surface area contributed by atoms with Crippen LogP contribution in [0.15, 0.2) is 47.4 Å². The number of hydrogen-bond acceptors (Lipinski definition) is 6. The van der Waals surface area contributed by atoms with Gasteiger partial charge in [0.25, 0.3) is 5.91 Å². The van der Waals surface area contributed by atoms with E-state index in [0.29, 0.717) is 22.7 Å². The molecule has 1 heterocycles. The van der Waals surface area contributed by atoms with Crippen LogP contribution in [-0.4, -0.2) is 52.4 Å². The van der Waals surface area contributed by atoms with E-state index in [4.69, 9.17) is 10.00 Å². The number of nitriles is 1. The zero-order chi connectivity index (χ0) is 21.7. The van der Waals surface area contributed by atoms with Gasteiger partial charge < -0.3 is 15.0 Å². The Kier molecular flexibility index (Phi) is 6.59. The van der Waals surface area contributed by atoms with Crippen LogP contribution in [0.1, 0.15) is 23.2 Å². The molecule has 2 aromatic rings. The van der Waals surface area contributed by atoms with Crippen molar-refractivity contribution in [3.63, 3.8) is 0 Å². The number of sulfonamides is 1. The molecule has 0 unspecified atom stereocenters. The smallest absolute Gasteiger partial charge is 0.257 e. The zero-order valence-electron chi connectivity index (χ0n) is 17.0. The first-order valence-corrected chi connectivity index (χ1v) is 11.0. The Labute approximate surface area is 176 Å². The first kappa shape index (κ1) is 21.6. The average Bonchev–Trinajstić information content (AvgIpc) is 3.26. The van der Waals surface area contributed by atoms with E-state index in [1.165, 1.54) is 26.2 Å². The van der Waals surface area contributed by atoms with Crippen molar-refractivity contribution < 1.29 is 17.9 Å². The van der Waals surface area contributed by atoms with Crippen molar-refractivity contribution in [3.05, 3.63) is 48.0 Å². The molecule has 0 atom stereocenters. The number of rotatable bonds is 7. The van der Waals surface area contributed by atoms with Gasteiger partial charge in [-0.1, -0.05) is 6.07 Å². The molecule has 9 heteroatoms. The highest BCUT2D eigenvalue weighted by Gasteiger charge is 2.24. The third kappa shape index (κ3) is 4.72. The van der Waals surface area contributed by atoms with Gasteiger partial charge in [0, 0.05) is 44.6 Å². The van der Waals surface area contributed by atoms with E-state index in [1.807, 2.05) is 6.07 Å². The Morgan fingerprint density at radius 3 is 2.60 bits per heavy atom. The monoisotopic (exact) mass is 428 g/mol. The molecule has 158 valence electrons. The molecule has 0 saturated carbocycles. The van der Waals surface area contributed by atoms with Gasteiger partial charge in [-0.25, -0.2) is 12.7 Å². The van der Waals surface area contributed by atoms with E-state index in [1.54, 1.807) is 30.3 Å². The van der Waals surface area contributed by atoms with Crippen molar-refractivity contribution in [2.24, 2.45) is 0 Å². The van der Waals surface area contributed by atoms with Crippen molar-refractivity contribution in [1.82, 2.24) is 4.31 Å². The highest BCUT2D eigenvalue weighted by molar-refractivity contribution is 7.89. The molecule has 0 radical (unpaired) electrons. The van der Waals surface area contributed by atoms with E-state index >= 15 is 0 Å². The van der Waals surface area contributed by atoms with Gasteiger partial charge in [0.2, 0.25) is 10.0 Å². The first-order valence-electron chi connectivity index (χ1n) is 9.55. The number of hydrogen-bond donors (Lipinski definition) is 1. The Bertz CT molecular complexity index is 1070. The van der Waals surface area contributed by atoms with Crippen molar-refractivity contribution in [2.75, 3.05) is 44.0 Å². The van der Waals surface area contributed by atoms with Crippen LogP contribution in [0, 0.1) is 11.3 Å². The highest BCUT2D eigenvalue weighted by atomic mass is 32.2. The Hall–Kier alpha value is -3.09. The van der Waals surface area contributed by atoms with Crippen LogP contribution in [0.25, 0.3) is 0 Å². The predicted octanol–water partition coefficient (Wildman–Crippen LogP) is 2.69. The second-order valence-corrected chi connectivity index (χ2v) is 9.24. The van der Waals surface area contributed by atoms with Crippen LogP contribution in [-0.2, 0) is 10.0 Å². The van der Waals surface area contributed by atoms with Crippen molar-refractivity contribution in [2.45, 2.75) is 17.7 Å². The van der Waals surface area contributed by atoms with Crippen LogP contribution < -0.4 is 15.0 Å². The van der Waals surface area contributed by atoms with Gasteiger partial charge in [-0.15, -0.1) is 0 Å². The lowest BCUT2D eigenvalue weighted by Crippen LogP contribution is -2.25. The number of amides is 1. The van der Waals surface area contributed by atoms with Crippen LogP contribution in [0.2, 0.25) is 0 Å². The predicted molar refractivity (Wildman–Crippen MR) is 114 cm³/mol. The molecule has 1 aliphatic rings. The van der Waals surface area contributed by atoms with Crippen molar-refractivity contribution in [1.29, 1.82) is 5.26 Å². The standard InChI is InChI=1S/C21H24N4O4S/c1-24(2)30(27,28)18-8-9-20(25-11-3-4-12-25)19(15-18)21(26)23-16-6-5-7-17(14-16)29-13-10-22/h5-9,14-15H,3-4,11-13H2,1-2H3,(H,23,26). The van der Waals surface area contributed by atoms with Gasteiger partial charge in [0.05, 0.1) is 10.5 Å². The average molecular weight is 429 g/mol. The van der Waals surface area contributed by atoms with Gasteiger partial charge in [0.15, 0.2) is 6.61 Å². The van der Waals surface area contributed by atoms with Crippen LogP contribution in [0.3, 0.4) is 0 Å². The maximum Gasteiger partial charge on any atom is 0.257 e. The minimum atomic E-state index is -3.68. The number of carbonyl (C=O) groups excluding carboxylic acids is 1. The fourth-order valence-electron chi connectivity index (χ4n) is 3.28. The summed E-state index contributed by atoms with van der Waals surface area (Å²) in [5.74, 6) is 0.0446. The minimum Gasteiger partial charge on any atom is -0.479 e. The molecule has 1 aliphatic heterocycles. The van der Waals surface area contributed by atoms with Gasteiger partial charge in [0.1, 0.15) is 11.8 Å². The van der Waals surface area contributed by atoms with Gasteiger partial charge in [-0.3, -0.25) is 4.79 Å². The number of ether oxygens (including phenoxy) is 1. The fourth-order valence-corrected chi connectivity index (χ4v) is 4.21. The zero-order valence-corrected chi connectivity index (χ0v) is 17.8. The Balaban J connectivity index is 1.95. The summed E-state index contributed by atoms with van der Waals surface area (Å²) < 4.78 is 31.6. The third-order valence-corrected chi connectivity index (χ3v) is 6.64. The number of benzene rings is 2. The van der Waals surface area contributed by atoms with E-state index in [0.717, 1.165) is 30.2 Å². The van der Waals surface area contributed by atoms with E-state index in [2.05, 4.69) is 10.2 Å². The molecule has 0 bridgehead atoms. The lowest BCUT2D eigenvalue weighted by molar-refractivity contribution is 0.102. The summed E-state index contributed by atoms with van der Waals surface area (Å²) in [6.07, 6.45) is 2.05. The van der Waals surface area contributed by atoms with Gasteiger partial charge >= 0.3 is 0 Å². The largest absolute Gasteiger partial charge is 0.479 e. The summed E-state index contributed by atoms with van der Waals surface area (Å²) in [5, 5.41) is 11.5. The summed E-state index contributed by atoms with van der Waals surface area (Å²) in [5.41, 5.74) is 1.49. The molecule has 0 aliphatic carbocycles. The molecule has 1 fully saturated rings. The van der Waals surface area contributed by atoms with Gasteiger partial charge in [-0.05, 0) is 43.2 Å². The molecule has 1 amide bonds. The second-order valence-electron chi connectivity index (χ2n) is 7.09. The summed E-state index contributed by atoms with van der Waals surface area (Å²) in [6, 6.07) is 13.3. The van der Waals surface area contributed by atoms with Crippen molar-refractivity contribution in [3.8, 4) is 11.8 Å². The molecule has 8 nitrogen and oxygen atoms in total. The van der Waals surface area contributed by atoms with E-state index in [-0.39, 0.29) is 11.5 Å². The maximum atomic E-state index is 13.1. The number of carbonyl (C=O) groups is 1. The Morgan fingerprint density at radius 2 is 1.93 bits per heavy atom. The molecule has 0 aromatic heterocycles. The van der Waals surface area contributed by atoms with Crippen LogP contribution >= 0.6 is 0 Å². The molecule has 2 aromatic carbocycles. The lowest BCUT2D eigenvalue weighted by atomic mass is 10.1. The first-order chi connectivity index (χ1) is 14.3. The number of nitrogens with zero attached hydrogens (tertiary/aromatic N) is 3. The van der Waals surface area contributed by atoms with E-state index < -0.39 is 15.9 Å². The lowest BCUT2D eigenvalue weighted by Gasteiger charge is -2.22. The summed E-state index contributed by atoms with van der Waals surface area (Å²) >= 11 is 0. The third-order valence-electron chi connectivity index (χ3n) is 4.83. The molecule has 1 N–H and O–H groups in total. The van der Waals surface area contributed by atoms with Gasteiger partial charge in [-0.2, -0.15) is 5.26 Å². The maximum absolute atomic E-state index is 13.1. The minimum absolute atomic E-state index is 0.0618. The number of nitrogens with one attached hydrogen (secondary N) is 1. The normalized spacial score (nSPS) is 13.9.